The molecule has 2 aliphatic carbocycles. The second kappa shape index (κ2) is 4.75. The van der Waals surface area contributed by atoms with Crippen LogP contribution in [0.5, 0.6) is 0 Å². The van der Waals surface area contributed by atoms with Crippen LogP contribution in [0.2, 0.25) is 0 Å². The fourth-order valence-electron chi connectivity index (χ4n) is 4.37. The van der Waals surface area contributed by atoms with Gasteiger partial charge in [-0.3, -0.25) is 4.90 Å². The zero-order valence-corrected chi connectivity index (χ0v) is 11.4. The van der Waals surface area contributed by atoms with E-state index < -0.39 is 0 Å². The maximum atomic E-state index is 4.36. The average Bonchev–Trinajstić information content (AvgIpc) is 3.11. The summed E-state index contributed by atoms with van der Waals surface area (Å²) in [7, 11) is 0. The molecule has 2 bridgehead atoms. The van der Waals surface area contributed by atoms with Gasteiger partial charge in [0, 0.05) is 44.6 Å². The molecule has 0 radical (unpaired) electrons. The van der Waals surface area contributed by atoms with Crippen molar-refractivity contribution in [2.24, 2.45) is 11.8 Å². The highest BCUT2D eigenvalue weighted by molar-refractivity contribution is 5.29. The lowest BCUT2D eigenvalue weighted by atomic mass is 9.93. The minimum Gasteiger partial charge on any atom is -0.338 e. The van der Waals surface area contributed by atoms with Crippen LogP contribution < -0.4 is 4.90 Å². The first-order valence-corrected chi connectivity index (χ1v) is 7.66. The molecule has 0 unspecified atom stereocenters. The van der Waals surface area contributed by atoms with Gasteiger partial charge < -0.3 is 4.90 Å². The van der Waals surface area contributed by atoms with Crippen molar-refractivity contribution < 1.29 is 0 Å². The van der Waals surface area contributed by atoms with Crippen LogP contribution in [-0.2, 0) is 0 Å². The molecule has 2 heterocycles. The molecule has 4 nitrogen and oxygen atoms in total. The molecule has 3 atom stereocenters. The summed E-state index contributed by atoms with van der Waals surface area (Å²) in [5.74, 6) is 2.95. The van der Waals surface area contributed by atoms with E-state index in [1.54, 1.807) is 0 Å². The van der Waals surface area contributed by atoms with E-state index in [2.05, 4.69) is 19.8 Å². The van der Waals surface area contributed by atoms with Crippen LogP contribution in [0.4, 0.5) is 5.95 Å². The van der Waals surface area contributed by atoms with Gasteiger partial charge in [0.25, 0.3) is 0 Å². The first-order valence-electron chi connectivity index (χ1n) is 7.66. The van der Waals surface area contributed by atoms with Crippen molar-refractivity contribution in [3.8, 4) is 0 Å². The smallest absolute Gasteiger partial charge is 0.225 e. The second-order valence-electron chi connectivity index (χ2n) is 6.31. The van der Waals surface area contributed by atoms with Gasteiger partial charge >= 0.3 is 0 Å². The van der Waals surface area contributed by atoms with Crippen LogP contribution in [-0.4, -0.2) is 47.1 Å². The van der Waals surface area contributed by atoms with Crippen molar-refractivity contribution in [3.05, 3.63) is 18.5 Å². The van der Waals surface area contributed by atoms with Crippen molar-refractivity contribution in [1.82, 2.24) is 14.9 Å². The molecule has 102 valence electrons. The number of hydrogen-bond donors (Lipinski definition) is 0. The number of piperazine rings is 1. The van der Waals surface area contributed by atoms with Gasteiger partial charge in [-0.1, -0.05) is 6.42 Å². The van der Waals surface area contributed by atoms with Crippen molar-refractivity contribution in [2.75, 3.05) is 31.1 Å². The van der Waals surface area contributed by atoms with Crippen LogP contribution in [0.3, 0.4) is 0 Å². The minimum absolute atomic E-state index is 0.887. The van der Waals surface area contributed by atoms with E-state index in [-0.39, 0.29) is 0 Å². The monoisotopic (exact) mass is 258 g/mol. The molecule has 0 spiro atoms. The van der Waals surface area contributed by atoms with E-state index in [4.69, 9.17) is 0 Å². The van der Waals surface area contributed by atoms with Crippen LogP contribution in [0, 0.1) is 11.8 Å². The van der Waals surface area contributed by atoms with Gasteiger partial charge in [-0.2, -0.15) is 0 Å². The third-order valence-electron chi connectivity index (χ3n) is 5.32. The lowest BCUT2D eigenvalue weighted by Gasteiger charge is -2.41. The topological polar surface area (TPSA) is 32.3 Å². The number of aromatic nitrogens is 2. The van der Waals surface area contributed by atoms with Gasteiger partial charge in [-0.15, -0.1) is 0 Å². The Balaban J connectivity index is 1.38. The molecular formula is C15H22N4. The predicted octanol–water partition coefficient (Wildman–Crippen LogP) is 1.79. The van der Waals surface area contributed by atoms with Crippen LogP contribution >= 0.6 is 0 Å². The van der Waals surface area contributed by atoms with Gasteiger partial charge in [0.1, 0.15) is 0 Å². The molecular weight excluding hydrogens is 236 g/mol. The van der Waals surface area contributed by atoms with Gasteiger partial charge in [-0.05, 0) is 37.2 Å². The highest BCUT2D eigenvalue weighted by Crippen LogP contribution is 2.46. The summed E-state index contributed by atoms with van der Waals surface area (Å²) in [6, 6.07) is 2.77. The summed E-state index contributed by atoms with van der Waals surface area (Å²) < 4.78 is 0. The summed E-state index contributed by atoms with van der Waals surface area (Å²) >= 11 is 0. The fourth-order valence-corrected chi connectivity index (χ4v) is 4.37. The summed E-state index contributed by atoms with van der Waals surface area (Å²) in [5, 5.41) is 0. The lowest BCUT2D eigenvalue weighted by molar-refractivity contribution is 0.134. The molecule has 0 aromatic carbocycles. The molecule has 4 rings (SSSR count). The van der Waals surface area contributed by atoms with Crippen molar-refractivity contribution in [2.45, 2.75) is 31.7 Å². The van der Waals surface area contributed by atoms with Gasteiger partial charge in [-0.25, -0.2) is 9.97 Å². The molecule has 1 aliphatic heterocycles. The molecule has 1 aromatic heterocycles. The van der Waals surface area contributed by atoms with Crippen molar-refractivity contribution in [1.29, 1.82) is 0 Å². The summed E-state index contributed by atoms with van der Waals surface area (Å²) in [5.41, 5.74) is 0. The number of anilines is 1. The molecule has 3 aliphatic rings. The van der Waals surface area contributed by atoms with E-state index in [0.717, 1.165) is 36.9 Å². The standard InChI is InChI=1S/C15H22N4/c1-4-16-15(17-5-1)19-8-6-18(7-9-19)14-11-12-2-3-13(14)10-12/h1,4-5,12-14H,2-3,6-11H2/t12-,13-,14+/m0/s1. The maximum Gasteiger partial charge on any atom is 0.225 e. The summed E-state index contributed by atoms with van der Waals surface area (Å²) in [6.07, 6.45) is 9.63. The number of hydrogen-bond acceptors (Lipinski definition) is 4. The second-order valence-corrected chi connectivity index (χ2v) is 6.31. The van der Waals surface area contributed by atoms with Gasteiger partial charge in [0.15, 0.2) is 0 Å². The van der Waals surface area contributed by atoms with E-state index in [1.807, 2.05) is 18.5 Å². The first kappa shape index (κ1) is 11.6. The average molecular weight is 258 g/mol. The quantitative estimate of drug-likeness (QED) is 0.809. The first-order chi connectivity index (χ1) is 9.40. The molecule has 3 fully saturated rings. The maximum absolute atomic E-state index is 4.36. The molecule has 19 heavy (non-hydrogen) atoms. The summed E-state index contributed by atoms with van der Waals surface area (Å²) in [6.45, 7) is 4.54. The Hall–Kier alpha value is -1.16. The van der Waals surface area contributed by atoms with Gasteiger partial charge in [0.2, 0.25) is 5.95 Å². The fraction of sp³-hybridized carbons (Fsp3) is 0.733. The van der Waals surface area contributed by atoms with Crippen LogP contribution in [0.25, 0.3) is 0 Å². The Kier molecular flexibility index (Phi) is 2.91. The molecule has 2 saturated carbocycles. The van der Waals surface area contributed by atoms with Crippen LogP contribution in [0.1, 0.15) is 25.7 Å². The Morgan fingerprint density at radius 2 is 1.74 bits per heavy atom. The Labute approximate surface area is 114 Å². The van der Waals surface area contributed by atoms with E-state index in [1.165, 1.54) is 38.8 Å². The van der Waals surface area contributed by atoms with E-state index in [0.29, 0.717) is 0 Å². The molecule has 1 saturated heterocycles. The third kappa shape index (κ3) is 2.12. The lowest BCUT2D eigenvalue weighted by Crippen LogP contribution is -2.52. The Morgan fingerprint density at radius 3 is 2.37 bits per heavy atom. The minimum atomic E-state index is 0.887. The van der Waals surface area contributed by atoms with Gasteiger partial charge in [0.05, 0.1) is 0 Å². The number of fused-ring (bicyclic) bond motifs is 2. The molecule has 1 aromatic rings. The molecule has 0 N–H and O–H groups in total. The van der Waals surface area contributed by atoms with Crippen molar-refractivity contribution in [3.63, 3.8) is 0 Å². The Morgan fingerprint density at radius 1 is 0.947 bits per heavy atom. The Bertz CT molecular complexity index is 427. The number of nitrogens with zero attached hydrogens (tertiary/aromatic N) is 4. The highest BCUT2D eigenvalue weighted by Gasteiger charge is 2.42. The SMILES string of the molecule is c1cnc(N2CCN([C@@H]3C[C@H]4CC[C@H]3C4)CC2)nc1. The predicted molar refractivity (Wildman–Crippen MR) is 75.1 cm³/mol. The van der Waals surface area contributed by atoms with Crippen LogP contribution in [0.15, 0.2) is 18.5 Å². The number of rotatable bonds is 2. The molecule has 0 amide bonds. The largest absolute Gasteiger partial charge is 0.338 e. The zero-order valence-electron chi connectivity index (χ0n) is 11.4. The highest BCUT2D eigenvalue weighted by atomic mass is 15.3. The van der Waals surface area contributed by atoms with E-state index in [9.17, 15) is 0 Å². The van der Waals surface area contributed by atoms with E-state index >= 15 is 0 Å². The normalized spacial score (nSPS) is 34.9. The zero-order chi connectivity index (χ0) is 12.7. The molecule has 4 heteroatoms. The summed E-state index contributed by atoms with van der Waals surface area (Å²) in [4.78, 5) is 13.8. The van der Waals surface area contributed by atoms with Crippen molar-refractivity contribution >= 4 is 5.95 Å². The third-order valence-corrected chi connectivity index (χ3v) is 5.32.